The highest BCUT2D eigenvalue weighted by Crippen LogP contribution is 2.29. The van der Waals surface area contributed by atoms with Gasteiger partial charge in [-0.1, -0.05) is 15.9 Å². The van der Waals surface area contributed by atoms with Crippen LogP contribution in [-0.4, -0.2) is 9.78 Å². The van der Waals surface area contributed by atoms with Crippen molar-refractivity contribution in [1.82, 2.24) is 9.78 Å². The van der Waals surface area contributed by atoms with E-state index in [2.05, 4.69) is 21.0 Å². The predicted molar refractivity (Wildman–Crippen MR) is 60.7 cm³/mol. The van der Waals surface area contributed by atoms with Crippen LogP contribution in [0.5, 0.6) is 0 Å². The van der Waals surface area contributed by atoms with Crippen LogP contribution in [0.15, 0.2) is 28.9 Å². The zero-order chi connectivity index (χ0) is 11.0. The van der Waals surface area contributed by atoms with E-state index >= 15 is 0 Å². The summed E-state index contributed by atoms with van der Waals surface area (Å²) in [5, 5.41) is 3.97. The number of aryl methyl sites for hydroxylation is 1. The maximum absolute atomic E-state index is 13.5. The zero-order valence-corrected chi connectivity index (χ0v) is 9.62. The first-order chi connectivity index (χ1) is 7.08. The third-order valence-electron chi connectivity index (χ3n) is 2.08. The summed E-state index contributed by atoms with van der Waals surface area (Å²) in [6.45, 7) is 0. The maximum atomic E-state index is 13.5. The molecule has 2 N–H and O–H groups in total. The second kappa shape index (κ2) is 3.66. The van der Waals surface area contributed by atoms with Gasteiger partial charge in [0.2, 0.25) is 0 Å². The van der Waals surface area contributed by atoms with Gasteiger partial charge in [-0.05, 0) is 18.2 Å². The lowest BCUT2D eigenvalue weighted by atomic mass is 10.1. The summed E-state index contributed by atoms with van der Waals surface area (Å²) < 4.78 is 15.9. The lowest BCUT2D eigenvalue weighted by Gasteiger charge is -2.01. The van der Waals surface area contributed by atoms with Crippen molar-refractivity contribution >= 4 is 21.7 Å². The number of hydrogen-bond acceptors (Lipinski definition) is 2. The number of halogens is 2. The SMILES string of the molecule is Cn1cc(-c2cc(Br)ccc2F)c(N)n1. The molecular weight excluding hydrogens is 261 g/mol. The molecule has 3 nitrogen and oxygen atoms in total. The number of anilines is 1. The molecule has 0 aliphatic carbocycles. The molecular formula is C10H9BrFN3. The van der Waals surface area contributed by atoms with E-state index in [0.29, 0.717) is 16.9 Å². The first-order valence-electron chi connectivity index (χ1n) is 4.32. The summed E-state index contributed by atoms with van der Waals surface area (Å²) in [5.41, 5.74) is 6.74. The number of nitrogens with two attached hydrogens (primary N) is 1. The molecule has 1 heterocycles. The Morgan fingerprint density at radius 1 is 1.40 bits per heavy atom. The van der Waals surface area contributed by atoms with Gasteiger partial charge in [0, 0.05) is 28.8 Å². The Morgan fingerprint density at radius 2 is 2.13 bits per heavy atom. The highest BCUT2D eigenvalue weighted by atomic mass is 79.9. The van der Waals surface area contributed by atoms with Crippen LogP contribution in [-0.2, 0) is 7.05 Å². The van der Waals surface area contributed by atoms with E-state index in [1.165, 1.54) is 6.07 Å². The quantitative estimate of drug-likeness (QED) is 0.865. The topological polar surface area (TPSA) is 43.8 Å². The van der Waals surface area contributed by atoms with Gasteiger partial charge in [0.25, 0.3) is 0 Å². The molecule has 2 rings (SSSR count). The standard InChI is InChI=1S/C10H9BrFN3/c1-15-5-8(10(13)14-15)7-4-6(11)2-3-9(7)12/h2-5H,1H3,(H2,13,14). The summed E-state index contributed by atoms with van der Waals surface area (Å²) in [5.74, 6) is 0.0207. The summed E-state index contributed by atoms with van der Waals surface area (Å²) >= 11 is 3.29. The minimum absolute atomic E-state index is 0.307. The number of benzene rings is 1. The average molecular weight is 270 g/mol. The highest BCUT2D eigenvalue weighted by Gasteiger charge is 2.11. The third kappa shape index (κ3) is 1.87. The molecule has 1 aromatic carbocycles. The number of aromatic nitrogens is 2. The van der Waals surface area contributed by atoms with Crippen LogP contribution < -0.4 is 5.73 Å². The number of nitrogens with zero attached hydrogens (tertiary/aromatic N) is 2. The molecule has 0 radical (unpaired) electrons. The van der Waals surface area contributed by atoms with Crippen molar-refractivity contribution in [3.63, 3.8) is 0 Å². The van der Waals surface area contributed by atoms with Crippen molar-refractivity contribution < 1.29 is 4.39 Å². The monoisotopic (exact) mass is 269 g/mol. The average Bonchev–Trinajstić information content (AvgIpc) is 2.50. The molecule has 0 unspecified atom stereocenters. The number of rotatable bonds is 1. The van der Waals surface area contributed by atoms with E-state index < -0.39 is 0 Å². The fraction of sp³-hybridized carbons (Fsp3) is 0.100. The third-order valence-corrected chi connectivity index (χ3v) is 2.57. The molecule has 0 amide bonds. The summed E-state index contributed by atoms with van der Waals surface area (Å²) in [4.78, 5) is 0. The van der Waals surface area contributed by atoms with E-state index in [4.69, 9.17) is 5.73 Å². The molecule has 15 heavy (non-hydrogen) atoms. The van der Waals surface area contributed by atoms with E-state index in [1.807, 2.05) is 0 Å². The number of hydrogen-bond donors (Lipinski definition) is 1. The Balaban J connectivity index is 2.62. The van der Waals surface area contributed by atoms with Gasteiger partial charge in [-0.15, -0.1) is 0 Å². The molecule has 0 fully saturated rings. The van der Waals surface area contributed by atoms with Crippen molar-refractivity contribution in [3.8, 4) is 11.1 Å². The Morgan fingerprint density at radius 3 is 2.73 bits per heavy atom. The lowest BCUT2D eigenvalue weighted by Crippen LogP contribution is -1.91. The largest absolute Gasteiger partial charge is 0.382 e. The van der Waals surface area contributed by atoms with Gasteiger partial charge in [-0.3, -0.25) is 4.68 Å². The highest BCUT2D eigenvalue weighted by molar-refractivity contribution is 9.10. The van der Waals surface area contributed by atoms with Gasteiger partial charge in [0.15, 0.2) is 5.82 Å². The van der Waals surface area contributed by atoms with Gasteiger partial charge < -0.3 is 5.73 Å². The molecule has 78 valence electrons. The van der Waals surface area contributed by atoms with Crippen molar-refractivity contribution in [1.29, 1.82) is 0 Å². The van der Waals surface area contributed by atoms with Crippen LogP contribution in [0, 0.1) is 5.82 Å². The molecule has 0 saturated heterocycles. The minimum Gasteiger partial charge on any atom is -0.382 e. The zero-order valence-electron chi connectivity index (χ0n) is 8.04. The second-order valence-electron chi connectivity index (χ2n) is 3.23. The molecule has 0 atom stereocenters. The second-order valence-corrected chi connectivity index (χ2v) is 4.14. The van der Waals surface area contributed by atoms with Crippen molar-refractivity contribution in [3.05, 3.63) is 34.7 Å². The van der Waals surface area contributed by atoms with Crippen LogP contribution in [0.1, 0.15) is 0 Å². The maximum Gasteiger partial charge on any atom is 0.153 e. The van der Waals surface area contributed by atoms with Gasteiger partial charge >= 0.3 is 0 Å². The fourth-order valence-electron chi connectivity index (χ4n) is 1.42. The normalized spacial score (nSPS) is 10.6. The van der Waals surface area contributed by atoms with E-state index in [1.54, 1.807) is 30.1 Å². The molecule has 0 bridgehead atoms. The summed E-state index contributed by atoms with van der Waals surface area (Å²) in [6.07, 6.45) is 1.69. The molecule has 1 aromatic heterocycles. The predicted octanol–water partition coefficient (Wildman–Crippen LogP) is 2.57. The smallest absolute Gasteiger partial charge is 0.153 e. The van der Waals surface area contributed by atoms with Crippen molar-refractivity contribution in [2.75, 3.05) is 5.73 Å². The van der Waals surface area contributed by atoms with E-state index in [-0.39, 0.29) is 5.82 Å². The molecule has 5 heteroatoms. The van der Waals surface area contributed by atoms with Gasteiger partial charge in [0.1, 0.15) is 5.82 Å². The first kappa shape index (κ1) is 10.2. The van der Waals surface area contributed by atoms with Crippen LogP contribution in [0.4, 0.5) is 10.2 Å². The van der Waals surface area contributed by atoms with Crippen LogP contribution in [0.25, 0.3) is 11.1 Å². The Hall–Kier alpha value is -1.36. The number of nitrogen functional groups attached to an aromatic ring is 1. The van der Waals surface area contributed by atoms with Gasteiger partial charge in [-0.25, -0.2) is 4.39 Å². The van der Waals surface area contributed by atoms with Crippen LogP contribution in [0.3, 0.4) is 0 Å². The Bertz CT molecular complexity index is 507. The molecule has 0 aliphatic heterocycles. The van der Waals surface area contributed by atoms with E-state index in [9.17, 15) is 4.39 Å². The Labute approximate surface area is 94.8 Å². The van der Waals surface area contributed by atoms with Crippen molar-refractivity contribution in [2.45, 2.75) is 0 Å². The molecule has 0 aliphatic rings. The Kier molecular flexibility index (Phi) is 2.48. The van der Waals surface area contributed by atoms with Crippen LogP contribution >= 0.6 is 15.9 Å². The fourth-order valence-corrected chi connectivity index (χ4v) is 1.78. The lowest BCUT2D eigenvalue weighted by molar-refractivity contribution is 0.631. The van der Waals surface area contributed by atoms with E-state index in [0.717, 1.165) is 4.47 Å². The van der Waals surface area contributed by atoms with Gasteiger partial charge in [-0.2, -0.15) is 5.10 Å². The molecule has 2 aromatic rings. The summed E-state index contributed by atoms with van der Waals surface area (Å²) in [7, 11) is 1.75. The molecule has 0 saturated carbocycles. The first-order valence-corrected chi connectivity index (χ1v) is 5.12. The van der Waals surface area contributed by atoms with Crippen molar-refractivity contribution in [2.24, 2.45) is 7.05 Å². The van der Waals surface area contributed by atoms with Gasteiger partial charge in [0.05, 0.1) is 0 Å². The van der Waals surface area contributed by atoms with Crippen LogP contribution in [0.2, 0.25) is 0 Å². The minimum atomic E-state index is -0.307. The molecule has 0 spiro atoms. The summed E-state index contributed by atoms with van der Waals surface area (Å²) in [6, 6.07) is 4.72.